The third-order valence-electron chi connectivity index (χ3n) is 2.88. The molecular weight excluding hydrogens is 240 g/mol. The third-order valence-corrected chi connectivity index (χ3v) is 3.18. The lowest BCUT2D eigenvalue weighted by molar-refractivity contribution is -0.126. The van der Waals surface area contributed by atoms with Gasteiger partial charge in [-0.25, -0.2) is 4.98 Å². The van der Waals surface area contributed by atoms with Gasteiger partial charge in [-0.1, -0.05) is 18.5 Å². The normalized spacial score (nSPS) is 23.7. The summed E-state index contributed by atoms with van der Waals surface area (Å²) in [5.41, 5.74) is 1.49. The molecule has 1 fully saturated rings. The molecule has 0 aromatic carbocycles. The molecule has 92 valence electrons. The minimum Gasteiger partial charge on any atom is -0.368 e. The van der Waals surface area contributed by atoms with E-state index in [9.17, 15) is 4.79 Å². The van der Waals surface area contributed by atoms with Gasteiger partial charge in [0.25, 0.3) is 5.91 Å². The Morgan fingerprint density at radius 1 is 1.65 bits per heavy atom. The van der Waals surface area contributed by atoms with Crippen molar-refractivity contribution in [2.45, 2.75) is 26.4 Å². The molecule has 0 aliphatic carbocycles. The number of nitrogens with one attached hydrogen (secondary N) is 1. The van der Waals surface area contributed by atoms with E-state index in [1.807, 2.05) is 13.8 Å². The maximum atomic E-state index is 12.0. The molecule has 4 nitrogen and oxygen atoms in total. The summed E-state index contributed by atoms with van der Waals surface area (Å²) in [5.74, 6) is 0.0934. The van der Waals surface area contributed by atoms with Crippen LogP contribution in [0.4, 0.5) is 5.69 Å². The maximum Gasteiger partial charge on any atom is 0.253 e. The fourth-order valence-corrected chi connectivity index (χ4v) is 2.03. The van der Waals surface area contributed by atoms with E-state index in [4.69, 9.17) is 16.3 Å². The maximum absolute atomic E-state index is 12.0. The van der Waals surface area contributed by atoms with E-state index < -0.39 is 0 Å². The number of amides is 1. The Morgan fingerprint density at radius 2 is 2.41 bits per heavy atom. The molecule has 0 spiro atoms. The van der Waals surface area contributed by atoms with Gasteiger partial charge in [0.15, 0.2) is 5.15 Å². The first kappa shape index (κ1) is 12.3. The largest absolute Gasteiger partial charge is 0.368 e. The third kappa shape index (κ3) is 2.76. The molecule has 2 rings (SSSR count). The molecular formula is C12H15ClN2O2. The standard InChI is InChI=1S/C12H15ClN2O2/c1-7-5-9(11(13)14-6-7)15-12(16)10-8(2)3-4-17-10/h5-6,8,10H,3-4H2,1-2H3,(H,15,16). The molecule has 2 heterocycles. The van der Waals surface area contributed by atoms with Crippen LogP contribution in [0.15, 0.2) is 12.3 Å². The number of aryl methyl sites for hydroxylation is 1. The van der Waals surface area contributed by atoms with Crippen LogP contribution < -0.4 is 5.32 Å². The van der Waals surface area contributed by atoms with Crippen LogP contribution in [0.25, 0.3) is 0 Å². The van der Waals surface area contributed by atoms with Gasteiger partial charge in [0, 0.05) is 12.8 Å². The topological polar surface area (TPSA) is 51.2 Å². The number of halogens is 1. The van der Waals surface area contributed by atoms with Crippen LogP contribution in [0.1, 0.15) is 18.9 Å². The quantitative estimate of drug-likeness (QED) is 0.825. The summed E-state index contributed by atoms with van der Waals surface area (Å²) in [4.78, 5) is 16.0. The van der Waals surface area contributed by atoms with Crippen LogP contribution in [0.2, 0.25) is 5.15 Å². The zero-order valence-electron chi connectivity index (χ0n) is 9.87. The minimum absolute atomic E-state index is 0.149. The van der Waals surface area contributed by atoms with Crippen molar-refractivity contribution in [3.8, 4) is 0 Å². The van der Waals surface area contributed by atoms with Crippen molar-refractivity contribution in [3.05, 3.63) is 23.0 Å². The number of hydrogen-bond acceptors (Lipinski definition) is 3. The molecule has 2 unspecified atom stereocenters. The van der Waals surface area contributed by atoms with Crippen LogP contribution in [-0.2, 0) is 9.53 Å². The van der Waals surface area contributed by atoms with Crippen LogP contribution in [-0.4, -0.2) is 23.6 Å². The fourth-order valence-electron chi connectivity index (χ4n) is 1.87. The zero-order valence-corrected chi connectivity index (χ0v) is 10.6. The SMILES string of the molecule is Cc1cnc(Cl)c(NC(=O)C2OCCC2C)c1. The molecule has 1 N–H and O–H groups in total. The van der Waals surface area contributed by atoms with Crippen molar-refractivity contribution < 1.29 is 9.53 Å². The lowest BCUT2D eigenvalue weighted by Gasteiger charge is -2.15. The predicted octanol–water partition coefficient (Wildman–Crippen LogP) is 2.41. The van der Waals surface area contributed by atoms with Gasteiger partial charge in [0.05, 0.1) is 5.69 Å². The summed E-state index contributed by atoms with van der Waals surface area (Å²) in [7, 11) is 0. The fraction of sp³-hybridized carbons (Fsp3) is 0.500. The van der Waals surface area contributed by atoms with E-state index in [1.54, 1.807) is 12.3 Å². The number of pyridine rings is 1. The molecule has 2 atom stereocenters. The van der Waals surface area contributed by atoms with E-state index in [1.165, 1.54) is 0 Å². The Morgan fingerprint density at radius 3 is 3.06 bits per heavy atom. The smallest absolute Gasteiger partial charge is 0.253 e. The predicted molar refractivity (Wildman–Crippen MR) is 66.1 cm³/mol. The molecule has 1 aliphatic heterocycles. The Kier molecular flexibility index (Phi) is 3.64. The Hall–Kier alpha value is -1.13. The Bertz CT molecular complexity index is 437. The molecule has 1 aromatic rings. The summed E-state index contributed by atoms with van der Waals surface area (Å²) in [6.07, 6.45) is 2.19. The van der Waals surface area contributed by atoms with E-state index in [2.05, 4.69) is 10.3 Å². The summed E-state index contributed by atoms with van der Waals surface area (Å²) in [5, 5.41) is 3.07. The van der Waals surface area contributed by atoms with Crippen molar-refractivity contribution in [1.82, 2.24) is 4.98 Å². The Balaban J connectivity index is 2.10. The van der Waals surface area contributed by atoms with E-state index >= 15 is 0 Å². The number of anilines is 1. The van der Waals surface area contributed by atoms with Crippen LogP contribution in [0, 0.1) is 12.8 Å². The highest BCUT2D eigenvalue weighted by Crippen LogP contribution is 2.24. The highest BCUT2D eigenvalue weighted by molar-refractivity contribution is 6.32. The first-order valence-electron chi connectivity index (χ1n) is 5.62. The van der Waals surface area contributed by atoms with Gasteiger partial charge < -0.3 is 10.1 Å². The lowest BCUT2D eigenvalue weighted by atomic mass is 10.0. The highest BCUT2D eigenvalue weighted by atomic mass is 35.5. The lowest BCUT2D eigenvalue weighted by Crippen LogP contribution is -2.31. The van der Waals surface area contributed by atoms with Gasteiger partial charge in [0.2, 0.25) is 0 Å². The minimum atomic E-state index is -0.383. The molecule has 1 aromatic heterocycles. The number of aromatic nitrogens is 1. The summed E-state index contributed by atoms with van der Waals surface area (Å²) in [6.45, 7) is 4.54. The number of carbonyl (C=O) groups is 1. The van der Waals surface area contributed by atoms with Crippen molar-refractivity contribution in [2.75, 3.05) is 11.9 Å². The van der Waals surface area contributed by atoms with Crippen LogP contribution in [0.5, 0.6) is 0 Å². The van der Waals surface area contributed by atoms with Crippen molar-refractivity contribution in [1.29, 1.82) is 0 Å². The number of ether oxygens (including phenoxy) is 1. The second-order valence-electron chi connectivity index (χ2n) is 4.40. The highest BCUT2D eigenvalue weighted by Gasteiger charge is 2.31. The first-order chi connectivity index (χ1) is 8.08. The van der Waals surface area contributed by atoms with Gasteiger partial charge in [-0.3, -0.25) is 4.79 Å². The van der Waals surface area contributed by atoms with Crippen LogP contribution in [0.3, 0.4) is 0 Å². The van der Waals surface area contributed by atoms with Crippen molar-refractivity contribution in [2.24, 2.45) is 5.92 Å². The second-order valence-corrected chi connectivity index (χ2v) is 4.76. The average Bonchev–Trinajstić information content (AvgIpc) is 2.70. The first-order valence-corrected chi connectivity index (χ1v) is 6.00. The zero-order chi connectivity index (χ0) is 12.4. The number of carbonyl (C=O) groups excluding carboxylic acids is 1. The molecule has 0 bridgehead atoms. The molecule has 17 heavy (non-hydrogen) atoms. The van der Waals surface area contributed by atoms with Crippen LogP contribution >= 0.6 is 11.6 Å². The van der Waals surface area contributed by atoms with Gasteiger partial charge in [0.1, 0.15) is 6.10 Å². The molecule has 1 aliphatic rings. The molecule has 0 saturated carbocycles. The number of nitrogens with zero attached hydrogens (tertiary/aromatic N) is 1. The average molecular weight is 255 g/mol. The van der Waals surface area contributed by atoms with E-state index in [0.29, 0.717) is 17.4 Å². The molecule has 0 radical (unpaired) electrons. The number of hydrogen-bond donors (Lipinski definition) is 1. The van der Waals surface area contributed by atoms with Gasteiger partial charge >= 0.3 is 0 Å². The number of rotatable bonds is 2. The Labute approximate surface area is 105 Å². The second kappa shape index (κ2) is 5.02. The summed E-state index contributed by atoms with van der Waals surface area (Å²) >= 11 is 5.92. The van der Waals surface area contributed by atoms with Crippen molar-refractivity contribution in [3.63, 3.8) is 0 Å². The summed E-state index contributed by atoms with van der Waals surface area (Å²) < 4.78 is 5.39. The monoisotopic (exact) mass is 254 g/mol. The molecule has 5 heteroatoms. The molecule has 1 saturated heterocycles. The van der Waals surface area contributed by atoms with E-state index in [-0.39, 0.29) is 17.9 Å². The van der Waals surface area contributed by atoms with Crippen molar-refractivity contribution >= 4 is 23.2 Å². The van der Waals surface area contributed by atoms with E-state index in [0.717, 1.165) is 12.0 Å². The van der Waals surface area contributed by atoms with Gasteiger partial charge in [-0.2, -0.15) is 0 Å². The molecule has 1 amide bonds. The van der Waals surface area contributed by atoms with Gasteiger partial charge in [-0.05, 0) is 30.9 Å². The van der Waals surface area contributed by atoms with Gasteiger partial charge in [-0.15, -0.1) is 0 Å². The summed E-state index contributed by atoms with van der Waals surface area (Å²) in [6, 6.07) is 1.80.